The SMILES string of the molecule is CCn1c(C)cc2ccc(C(=N)NC(=O)OCC(Cl)(Cl)Cl)cc21. The predicted octanol–water partition coefficient (Wildman–Crippen LogP) is 4.39. The molecule has 1 amide bonds. The Kier molecular flexibility index (Phi) is 5.45. The molecule has 5 nitrogen and oxygen atoms in total. The van der Waals surface area contributed by atoms with Crippen molar-refractivity contribution < 1.29 is 9.53 Å². The van der Waals surface area contributed by atoms with Crippen LogP contribution in [0.2, 0.25) is 0 Å². The minimum atomic E-state index is -1.68. The maximum Gasteiger partial charge on any atom is 0.412 e. The summed E-state index contributed by atoms with van der Waals surface area (Å²) in [5.74, 6) is -0.0808. The predicted molar refractivity (Wildman–Crippen MR) is 94.0 cm³/mol. The van der Waals surface area contributed by atoms with Crippen LogP contribution >= 0.6 is 34.8 Å². The molecule has 0 bridgehead atoms. The first-order chi connectivity index (χ1) is 10.7. The summed E-state index contributed by atoms with van der Waals surface area (Å²) in [6.07, 6.45) is -0.844. The van der Waals surface area contributed by atoms with E-state index >= 15 is 0 Å². The van der Waals surface area contributed by atoms with Crippen LogP contribution in [-0.4, -0.2) is 26.9 Å². The number of aromatic nitrogens is 1. The second-order valence-electron chi connectivity index (χ2n) is 4.99. The molecule has 0 aliphatic heterocycles. The average molecular weight is 377 g/mol. The number of rotatable bonds is 3. The molecule has 0 aliphatic rings. The lowest BCUT2D eigenvalue weighted by Gasteiger charge is -2.12. The van der Waals surface area contributed by atoms with E-state index < -0.39 is 16.5 Å². The van der Waals surface area contributed by atoms with E-state index in [1.165, 1.54) is 0 Å². The molecule has 1 aromatic carbocycles. The molecule has 2 N–H and O–H groups in total. The first kappa shape index (κ1) is 17.9. The molecule has 1 aromatic heterocycles. The molecule has 0 radical (unpaired) electrons. The van der Waals surface area contributed by atoms with Gasteiger partial charge in [-0.05, 0) is 31.4 Å². The number of benzene rings is 1. The van der Waals surface area contributed by atoms with Gasteiger partial charge >= 0.3 is 6.09 Å². The molecule has 0 saturated heterocycles. The normalized spacial score (nSPS) is 11.5. The number of ether oxygens (including phenoxy) is 1. The van der Waals surface area contributed by atoms with Gasteiger partial charge in [-0.3, -0.25) is 10.7 Å². The standard InChI is InChI=1S/C15H16Cl3N3O2/c1-3-21-9(2)6-10-4-5-11(7-12(10)21)13(19)20-14(22)23-8-15(16,17)18/h4-7H,3,8H2,1-2H3,(H2,19,20,22). The Morgan fingerprint density at radius 2 is 2.04 bits per heavy atom. The van der Waals surface area contributed by atoms with E-state index in [0.29, 0.717) is 5.56 Å². The molecule has 0 saturated carbocycles. The first-order valence-corrected chi connectivity index (χ1v) is 8.04. The van der Waals surface area contributed by atoms with Crippen LogP contribution in [-0.2, 0) is 11.3 Å². The highest BCUT2D eigenvalue weighted by atomic mass is 35.6. The van der Waals surface area contributed by atoms with Gasteiger partial charge in [0, 0.05) is 23.3 Å². The van der Waals surface area contributed by atoms with E-state index in [-0.39, 0.29) is 5.84 Å². The smallest absolute Gasteiger partial charge is 0.412 e. The minimum Gasteiger partial charge on any atom is -0.445 e. The fraction of sp³-hybridized carbons (Fsp3) is 0.333. The van der Waals surface area contributed by atoms with Crippen LogP contribution in [0.15, 0.2) is 24.3 Å². The van der Waals surface area contributed by atoms with Crippen LogP contribution in [0.4, 0.5) is 4.79 Å². The number of fused-ring (bicyclic) bond motifs is 1. The lowest BCUT2D eigenvalue weighted by atomic mass is 10.1. The summed E-state index contributed by atoms with van der Waals surface area (Å²) in [6.45, 7) is 4.51. The summed E-state index contributed by atoms with van der Waals surface area (Å²) < 4.78 is 5.19. The van der Waals surface area contributed by atoms with Crippen LogP contribution in [0.5, 0.6) is 0 Å². The Balaban J connectivity index is 2.13. The highest BCUT2D eigenvalue weighted by Crippen LogP contribution is 2.26. The van der Waals surface area contributed by atoms with Gasteiger partial charge in [-0.1, -0.05) is 46.9 Å². The van der Waals surface area contributed by atoms with Crippen molar-refractivity contribution in [3.8, 4) is 0 Å². The van der Waals surface area contributed by atoms with E-state index in [1.54, 1.807) is 6.07 Å². The quantitative estimate of drug-likeness (QED) is 0.474. The largest absolute Gasteiger partial charge is 0.445 e. The Morgan fingerprint density at radius 1 is 1.35 bits per heavy atom. The number of aryl methyl sites for hydroxylation is 2. The molecule has 8 heteroatoms. The van der Waals surface area contributed by atoms with Crippen LogP contribution in [0, 0.1) is 12.3 Å². The Morgan fingerprint density at radius 3 is 2.65 bits per heavy atom. The number of carbonyl (C=O) groups is 1. The number of amidine groups is 1. The summed E-state index contributed by atoms with van der Waals surface area (Å²) in [5.41, 5.74) is 2.71. The molecule has 0 aliphatic carbocycles. The summed E-state index contributed by atoms with van der Waals surface area (Å²) in [6, 6.07) is 7.60. The number of carbonyl (C=O) groups excluding carboxylic acids is 1. The third-order valence-corrected chi connectivity index (χ3v) is 3.64. The van der Waals surface area contributed by atoms with Crippen LogP contribution in [0.1, 0.15) is 18.2 Å². The highest BCUT2D eigenvalue weighted by molar-refractivity contribution is 6.67. The molecule has 23 heavy (non-hydrogen) atoms. The number of hydrogen-bond acceptors (Lipinski definition) is 3. The van der Waals surface area contributed by atoms with E-state index in [0.717, 1.165) is 23.1 Å². The molecule has 2 aromatic rings. The Hall–Kier alpha value is -1.43. The monoisotopic (exact) mass is 375 g/mol. The highest BCUT2D eigenvalue weighted by Gasteiger charge is 2.22. The molecule has 124 valence electrons. The number of alkyl halides is 3. The van der Waals surface area contributed by atoms with Gasteiger partial charge in [0.2, 0.25) is 3.79 Å². The van der Waals surface area contributed by atoms with Crippen LogP contribution < -0.4 is 5.32 Å². The summed E-state index contributed by atoms with van der Waals surface area (Å²) >= 11 is 16.5. The number of nitrogens with zero attached hydrogens (tertiary/aromatic N) is 1. The van der Waals surface area contributed by atoms with E-state index in [4.69, 9.17) is 44.9 Å². The molecular weight excluding hydrogens is 361 g/mol. The van der Waals surface area contributed by atoms with Crippen molar-refractivity contribution in [3.05, 3.63) is 35.5 Å². The molecular formula is C15H16Cl3N3O2. The Bertz CT molecular complexity index is 750. The fourth-order valence-electron chi connectivity index (χ4n) is 2.33. The third-order valence-electron chi connectivity index (χ3n) is 3.31. The van der Waals surface area contributed by atoms with Gasteiger partial charge in [0.25, 0.3) is 0 Å². The second kappa shape index (κ2) is 6.99. The number of halogens is 3. The first-order valence-electron chi connectivity index (χ1n) is 6.90. The van der Waals surface area contributed by atoms with Gasteiger partial charge in [-0.25, -0.2) is 4.79 Å². The molecule has 0 spiro atoms. The van der Waals surface area contributed by atoms with Crippen LogP contribution in [0.25, 0.3) is 10.9 Å². The van der Waals surface area contributed by atoms with Gasteiger partial charge in [0.1, 0.15) is 12.4 Å². The zero-order valence-corrected chi connectivity index (χ0v) is 14.9. The molecule has 2 rings (SSSR count). The van der Waals surface area contributed by atoms with E-state index in [1.807, 2.05) is 19.1 Å². The number of amides is 1. The van der Waals surface area contributed by atoms with Gasteiger partial charge in [-0.15, -0.1) is 0 Å². The zero-order valence-electron chi connectivity index (χ0n) is 12.6. The third kappa shape index (κ3) is 4.53. The van der Waals surface area contributed by atoms with Crippen molar-refractivity contribution in [1.82, 2.24) is 9.88 Å². The van der Waals surface area contributed by atoms with E-state index in [9.17, 15) is 4.79 Å². The molecule has 0 unspecified atom stereocenters. The number of alkyl carbamates (subject to hydrolysis) is 1. The summed E-state index contributed by atoms with van der Waals surface area (Å²) in [4.78, 5) is 11.6. The second-order valence-corrected chi connectivity index (χ2v) is 7.51. The topological polar surface area (TPSA) is 67.1 Å². The summed E-state index contributed by atoms with van der Waals surface area (Å²) in [7, 11) is 0. The Labute approximate surface area is 149 Å². The zero-order chi connectivity index (χ0) is 17.2. The van der Waals surface area contributed by atoms with Crippen molar-refractivity contribution in [2.75, 3.05) is 6.61 Å². The number of nitrogens with one attached hydrogen (secondary N) is 2. The minimum absolute atomic E-state index is 0.0808. The van der Waals surface area contributed by atoms with Gasteiger partial charge in [-0.2, -0.15) is 0 Å². The average Bonchev–Trinajstić information content (AvgIpc) is 2.78. The maximum absolute atomic E-state index is 11.6. The van der Waals surface area contributed by atoms with E-state index in [2.05, 4.69) is 22.9 Å². The molecule has 0 fully saturated rings. The van der Waals surface area contributed by atoms with Crippen molar-refractivity contribution in [2.24, 2.45) is 0 Å². The van der Waals surface area contributed by atoms with Gasteiger partial charge < -0.3 is 9.30 Å². The lowest BCUT2D eigenvalue weighted by molar-refractivity contribution is 0.154. The molecule has 1 heterocycles. The maximum atomic E-state index is 11.6. The van der Waals surface area contributed by atoms with Gasteiger partial charge in [0.05, 0.1) is 0 Å². The van der Waals surface area contributed by atoms with Crippen molar-refractivity contribution >= 4 is 57.6 Å². The summed E-state index contributed by atoms with van der Waals surface area (Å²) in [5, 5.41) is 11.4. The number of hydrogen-bond donors (Lipinski definition) is 2. The lowest BCUT2D eigenvalue weighted by Crippen LogP contribution is -2.33. The fourth-order valence-corrected chi connectivity index (χ4v) is 2.49. The molecule has 0 atom stereocenters. The van der Waals surface area contributed by atoms with Crippen molar-refractivity contribution in [3.63, 3.8) is 0 Å². The van der Waals surface area contributed by atoms with Crippen molar-refractivity contribution in [1.29, 1.82) is 5.41 Å². The van der Waals surface area contributed by atoms with Crippen LogP contribution in [0.3, 0.4) is 0 Å². The van der Waals surface area contributed by atoms with Crippen molar-refractivity contribution in [2.45, 2.75) is 24.2 Å². The van der Waals surface area contributed by atoms with Gasteiger partial charge in [0.15, 0.2) is 0 Å².